The van der Waals surface area contributed by atoms with Crippen LogP contribution in [0.25, 0.3) is 76.1 Å². The third kappa shape index (κ3) is 5.02. The number of rotatable bonds is 5. The Morgan fingerprint density at radius 1 is 0.275 bits per heavy atom. The fraction of sp³-hybridized carbons (Fsp3) is 0. The minimum absolute atomic E-state index is 1.11. The van der Waals surface area contributed by atoms with E-state index in [4.69, 9.17) is 0 Å². The normalized spacial score (nSPS) is 11.5. The van der Waals surface area contributed by atoms with Crippen molar-refractivity contribution >= 4 is 70.9 Å². The number of nitrogens with zero attached hydrogens (tertiary/aromatic N) is 1. The predicted molar refractivity (Wildman–Crippen MR) is 220 cm³/mol. The van der Waals surface area contributed by atoms with Crippen LogP contribution in [0.2, 0.25) is 0 Å². The lowest BCUT2D eigenvalue weighted by molar-refractivity contribution is 1.29. The molecule has 51 heavy (non-hydrogen) atoms. The lowest BCUT2D eigenvalue weighted by atomic mass is 9.94. The summed E-state index contributed by atoms with van der Waals surface area (Å²) in [4.78, 5) is 2.40. The molecule has 10 rings (SSSR count). The van der Waals surface area contributed by atoms with Crippen molar-refractivity contribution in [1.29, 1.82) is 0 Å². The summed E-state index contributed by atoms with van der Waals surface area (Å²) >= 11 is 0. The van der Waals surface area contributed by atoms with Gasteiger partial charge in [-0.15, -0.1) is 0 Å². The number of hydrogen-bond acceptors (Lipinski definition) is 1. The average Bonchev–Trinajstić information content (AvgIpc) is 3.21. The summed E-state index contributed by atoms with van der Waals surface area (Å²) in [6, 6.07) is 73.0. The molecular formula is C50H33N. The smallest absolute Gasteiger partial charge is 0.0540 e. The van der Waals surface area contributed by atoms with Gasteiger partial charge in [-0.05, 0) is 107 Å². The maximum Gasteiger partial charge on any atom is 0.0540 e. The van der Waals surface area contributed by atoms with Crippen LogP contribution in [0.4, 0.5) is 17.1 Å². The monoisotopic (exact) mass is 647 g/mol. The first-order valence-electron chi connectivity index (χ1n) is 17.6. The summed E-state index contributed by atoms with van der Waals surface area (Å²) in [5.41, 5.74) is 8.16. The fourth-order valence-electron chi connectivity index (χ4n) is 7.92. The first kappa shape index (κ1) is 29.2. The molecule has 0 spiro atoms. The van der Waals surface area contributed by atoms with Gasteiger partial charge in [0.1, 0.15) is 0 Å². The first-order chi connectivity index (χ1) is 25.3. The second-order valence-corrected chi connectivity index (χ2v) is 13.3. The summed E-state index contributed by atoms with van der Waals surface area (Å²) in [7, 11) is 0. The summed E-state index contributed by atoms with van der Waals surface area (Å²) < 4.78 is 0. The Hall–Kier alpha value is -6.70. The van der Waals surface area contributed by atoms with Gasteiger partial charge in [-0.2, -0.15) is 0 Å². The van der Waals surface area contributed by atoms with E-state index in [1.165, 1.54) is 76.1 Å². The predicted octanol–water partition coefficient (Wildman–Crippen LogP) is 14.3. The van der Waals surface area contributed by atoms with E-state index < -0.39 is 0 Å². The van der Waals surface area contributed by atoms with Crippen molar-refractivity contribution in [1.82, 2.24) is 0 Å². The largest absolute Gasteiger partial charge is 0.310 e. The summed E-state index contributed by atoms with van der Waals surface area (Å²) in [6.45, 7) is 0. The molecule has 10 aromatic rings. The quantitative estimate of drug-likeness (QED) is 0.168. The second kappa shape index (κ2) is 12.0. The van der Waals surface area contributed by atoms with Crippen LogP contribution in [0, 0.1) is 0 Å². The molecule has 0 saturated heterocycles. The molecule has 1 nitrogen and oxygen atoms in total. The van der Waals surface area contributed by atoms with Gasteiger partial charge in [0.2, 0.25) is 0 Å². The number of para-hydroxylation sites is 1. The maximum atomic E-state index is 2.40. The molecule has 0 amide bonds. The van der Waals surface area contributed by atoms with Gasteiger partial charge in [0.25, 0.3) is 0 Å². The Bertz CT molecular complexity index is 2900. The summed E-state index contributed by atoms with van der Waals surface area (Å²) in [5.74, 6) is 0. The van der Waals surface area contributed by atoms with Gasteiger partial charge in [0.15, 0.2) is 0 Å². The highest BCUT2D eigenvalue weighted by atomic mass is 15.1. The van der Waals surface area contributed by atoms with Crippen LogP contribution in [-0.4, -0.2) is 0 Å². The van der Waals surface area contributed by atoms with Crippen molar-refractivity contribution in [2.75, 3.05) is 4.90 Å². The van der Waals surface area contributed by atoms with Gasteiger partial charge in [-0.25, -0.2) is 0 Å². The number of fused-ring (bicyclic) bond motifs is 8. The zero-order chi connectivity index (χ0) is 33.7. The molecular weight excluding hydrogens is 615 g/mol. The minimum Gasteiger partial charge on any atom is -0.310 e. The molecule has 0 atom stereocenters. The Morgan fingerprint density at radius 3 is 1.61 bits per heavy atom. The first-order valence-corrected chi connectivity index (χ1v) is 17.6. The van der Waals surface area contributed by atoms with E-state index in [9.17, 15) is 0 Å². The van der Waals surface area contributed by atoms with E-state index in [1.54, 1.807) is 0 Å². The lowest BCUT2D eigenvalue weighted by Crippen LogP contribution is -2.11. The van der Waals surface area contributed by atoms with Gasteiger partial charge in [0, 0.05) is 16.9 Å². The Balaban J connectivity index is 1.10. The molecule has 0 aromatic heterocycles. The molecule has 10 aromatic carbocycles. The fourth-order valence-corrected chi connectivity index (χ4v) is 7.92. The molecule has 0 saturated carbocycles. The van der Waals surface area contributed by atoms with Gasteiger partial charge >= 0.3 is 0 Å². The molecule has 0 heterocycles. The van der Waals surface area contributed by atoms with Gasteiger partial charge in [-0.1, -0.05) is 164 Å². The third-order valence-corrected chi connectivity index (χ3v) is 10.4. The summed E-state index contributed by atoms with van der Waals surface area (Å²) in [6.07, 6.45) is 0. The zero-order valence-corrected chi connectivity index (χ0v) is 28.0. The average molecular weight is 648 g/mol. The molecule has 238 valence electrons. The van der Waals surface area contributed by atoms with Crippen molar-refractivity contribution in [3.8, 4) is 22.3 Å². The van der Waals surface area contributed by atoms with Crippen molar-refractivity contribution in [3.05, 3.63) is 200 Å². The zero-order valence-electron chi connectivity index (χ0n) is 28.0. The topological polar surface area (TPSA) is 3.24 Å². The highest BCUT2D eigenvalue weighted by Gasteiger charge is 2.18. The lowest BCUT2D eigenvalue weighted by Gasteiger charge is -2.28. The van der Waals surface area contributed by atoms with Crippen molar-refractivity contribution < 1.29 is 0 Å². The SMILES string of the molecule is c1ccc(-c2ccccc2N(c2ccc(-c3ccc4c(ccc5ccc6ccccc6c54)c3)cc2)c2ccc3c(ccc4ccccc43)c2)cc1. The number of hydrogen-bond donors (Lipinski definition) is 0. The molecule has 0 aliphatic rings. The van der Waals surface area contributed by atoms with Crippen molar-refractivity contribution in [3.63, 3.8) is 0 Å². The van der Waals surface area contributed by atoms with E-state index in [-0.39, 0.29) is 0 Å². The Morgan fingerprint density at radius 2 is 0.804 bits per heavy atom. The van der Waals surface area contributed by atoms with E-state index in [0.717, 1.165) is 17.1 Å². The van der Waals surface area contributed by atoms with Crippen LogP contribution in [0.1, 0.15) is 0 Å². The molecule has 0 bridgehead atoms. The standard InChI is InChI=1S/C50H33N/c1-2-10-35(11-3-1)46-15-8-9-17-49(46)51(43-29-31-45-41(33-43)22-19-36-12-4-6-14-44(36)45)42-27-24-34(25-28-42)39-26-30-48-40(32-39)23-21-38-20-18-37-13-5-7-16-47(37)50(38)48/h1-33H. The van der Waals surface area contributed by atoms with Gasteiger partial charge in [-0.3, -0.25) is 0 Å². The minimum atomic E-state index is 1.11. The van der Waals surface area contributed by atoms with E-state index in [2.05, 4.69) is 205 Å². The highest BCUT2D eigenvalue weighted by molar-refractivity contribution is 6.20. The number of benzene rings is 10. The molecule has 0 N–H and O–H groups in total. The van der Waals surface area contributed by atoms with Crippen LogP contribution in [-0.2, 0) is 0 Å². The summed E-state index contributed by atoms with van der Waals surface area (Å²) in [5, 5.41) is 12.7. The van der Waals surface area contributed by atoms with Crippen molar-refractivity contribution in [2.45, 2.75) is 0 Å². The molecule has 0 aliphatic heterocycles. The van der Waals surface area contributed by atoms with Crippen LogP contribution in [0.3, 0.4) is 0 Å². The van der Waals surface area contributed by atoms with Crippen LogP contribution < -0.4 is 4.90 Å². The Kier molecular flexibility index (Phi) is 6.89. The number of anilines is 3. The van der Waals surface area contributed by atoms with Crippen LogP contribution in [0.5, 0.6) is 0 Å². The molecule has 1 heteroatoms. The van der Waals surface area contributed by atoms with E-state index >= 15 is 0 Å². The van der Waals surface area contributed by atoms with E-state index in [1.807, 2.05) is 0 Å². The molecule has 0 unspecified atom stereocenters. The third-order valence-electron chi connectivity index (χ3n) is 10.4. The van der Waals surface area contributed by atoms with Gasteiger partial charge in [0.05, 0.1) is 5.69 Å². The molecule has 0 radical (unpaired) electrons. The molecule has 0 fully saturated rings. The second-order valence-electron chi connectivity index (χ2n) is 13.3. The van der Waals surface area contributed by atoms with Crippen molar-refractivity contribution in [2.24, 2.45) is 0 Å². The molecule has 0 aliphatic carbocycles. The van der Waals surface area contributed by atoms with Crippen LogP contribution >= 0.6 is 0 Å². The van der Waals surface area contributed by atoms with Crippen LogP contribution in [0.15, 0.2) is 200 Å². The maximum absolute atomic E-state index is 2.40. The van der Waals surface area contributed by atoms with Gasteiger partial charge < -0.3 is 4.90 Å². The van der Waals surface area contributed by atoms with E-state index in [0.29, 0.717) is 0 Å². The Labute approximate surface area is 297 Å². The highest BCUT2D eigenvalue weighted by Crippen LogP contribution is 2.43.